The van der Waals surface area contributed by atoms with E-state index >= 15 is 0 Å². The van der Waals surface area contributed by atoms with E-state index in [-0.39, 0.29) is 24.0 Å². The Morgan fingerprint density at radius 1 is 1.50 bits per heavy atom. The van der Waals surface area contributed by atoms with Crippen LogP contribution in [0.4, 0.5) is 0 Å². The van der Waals surface area contributed by atoms with E-state index in [1.807, 2.05) is 51.1 Å². The van der Waals surface area contributed by atoms with Crippen LogP contribution in [0.15, 0.2) is 30.3 Å². The first kappa shape index (κ1) is 18.4. The zero-order valence-corrected chi connectivity index (χ0v) is 16.7. The summed E-state index contributed by atoms with van der Waals surface area (Å²) < 4.78 is 25.8. The SMILES string of the molecule is [2H]B([3H])CSOC[C@@H]1C[C@H](C(=O)OC(C)(C)C)N(Cc2ccccc2)[C@H]1CN. The van der Waals surface area contributed by atoms with Gasteiger partial charge in [0.05, 0.1) is 6.61 Å². The Bertz CT molecular complexity index is 619. The van der Waals surface area contributed by atoms with Gasteiger partial charge < -0.3 is 14.7 Å². The lowest BCUT2D eigenvalue weighted by molar-refractivity contribution is -0.161. The molecule has 1 aromatic rings. The standard InChI is InChI=1S/C19H31BN2O3S/c1-19(2,3)25-18(23)16-9-15(12-24-26-13-20)17(10-21)22(16)11-14-7-5-4-6-8-14/h4-8,15-17H,9-13,20-21H2,1-3H3/t15-,16+,17-/m0/s1/i20TD. The molecule has 7 heteroatoms. The number of carbonyl (C=O) groups is 1. The summed E-state index contributed by atoms with van der Waals surface area (Å²) in [5.74, 6) is -0.136. The van der Waals surface area contributed by atoms with Gasteiger partial charge in [-0.1, -0.05) is 30.3 Å². The maximum Gasteiger partial charge on any atom is 0.323 e. The Balaban J connectivity index is 2.13. The van der Waals surface area contributed by atoms with E-state index in [0.717, 1.165) is 17.6 Å². The van der Waals surface area contributed by atoms with Crippen LogP contribution in [0, 0.1) is 5.92 Å². The Morgan fingerprint density at radius 3 is 2.85 bits per heavy atom. The van der Waals surface area contributed by atoms with Crippen LogP contribution in [0.1, 0.15) is 32.8 Å². The van der Waals surface area contributed by atoms with Gasteiger partial charge >= 0.3 is 5.97 Å². The van der Waals surface area contributed by atoms with Gasteiger partial charge in [0.1, 0.15) is 19.4 Å². The third kappa shape index (κ3) is 6.01. The fraction of sp³-hybridized carbons (Fsp3) is 0.632. The number of hydrogen-bond acceptors (Lipinski definition) is 6. The minimum atomic E-state index is -0.914. The Labute approximate surface area is 165 Å². The molecule has 0 spiro atoms. The quantitative estimate of drug-likeness (QED) is 0.305. The zero-order valence-electron chi connectivity index (χ0n) is 17.9. The molecule has 144 valence electrons. The van der Waals surface area contributed by atoms with Crippen molar-refractivity contribution in [3.05, 3.63) is 35.9 Å². The summed E-state index contributed by atoms with van der Waals surface area (Å²) in [4.78, 5) is 15.0. The molecule has 2 rings (SSSR count). The van der Waals surface area contributed by atoms with Gasteiger partial charge in [-0.2, -0.15) is 0 Å². The molecule has 0 aromatic heterocycles. The lowest BCUT2D eigenvalue weighted by Crippen LogP contribution is -2.46. The van der Waals surface area contributed by atoms with Crippen LogP contribution in [0.25, 0.3) is 0 Å². The maximum atomic E-state index is 12.9. The molecule has 0 amide bonds. The van der Waals surface area contributed by atoms with Crippen LogP contribution in [0.5, 0.6) is 0 Å². The van der Waals surface area contributed by atoms with E-state index in [1.54, 1.807) is 0 Å². The molecule has 0 saturated carbocycles. The third-order valence-corrected chi connectivity index (χ3v) is 4.90. The Morgan fingerprint density at radius 2 is 2.23 bits per heavy atom. The second kappa shape index (κ2) is 9.79. The molecule has 1 saturated heterocycles. The first-order valence-corrected chi connectivity index (χ1v) is 9.94. The predicted molar refractivity (Wildman–Crippen MR) is 110 cm³/mol. The fourth-order valence-electron chi connectivity index (χ4n) is 3.39. The van der Waals surface area contributed by atoms with Crippen molar-refractivity contribution in [3.8, 4) is 0 Å². The van der Waals surface area contributed by atoms with E-state index in [2.05, 4.69) is 4.90 Å². The summed E-state index contributed by atoms with van der Waals surface area (Å²) in [5, 5.41) is 0. The molecule has 1 aliphatic heterocycles. The highest BCUT2D eigenvalue weighted by molar-refractivity contribution is 7.95. The number of benzene rings is 1. The number of hydrogen-bond donors (Lipinski definition) is 1. The number of nitrogens with two attached hydrogens (primary N) is 1. The average Bonchev–Trinajstić information content (AvgIpc) is 2.95. The number of likely N-dealkylation sites (tertiary alicyclic amines) is 1. The van der Waals surface area contributed by atoms with Crippen molar-refractivity contribution >= 4 is 25.8 Å². The van der Waals surface area contributed by atoms with E-state index in [4.69, 9.17) is 17.3 Å². The molecule has 0 aliphatic carbocycles. The van der Waals surface area contributed by atoms with Crippen molar-refractivity contribution in [2.75, 3.05) is 18.8 Å². The van der Waals surface area contributed by atoms with Crippen molar-refractivity contribution < 1.29 is 13.7 Å². The minimum absolute atomic E-state index is 0.00104. The minimum Gasteiger partial charge on any atom is -0.459 e. The third-order valence-electron chi connectivity index (χ3n) is 4.46. The molecule has 0 radical (unpaired) electrons. The van der Waals surface area contributed by atoms with Crippen LogP contribution in [0.3, 0.4) is 0 Å². The monoisotopic (exact) mass is 381 g/mol. The van der Waals surface area contributed by atoms with Crippen LogP contribution >= 0.6 is 12.0 Å². The molecule has 1 aromatic carbocycles. The number of ether oxygens (including phenoxy) is 1. The van der Waals surface area contributed by atoms with Gasteiger partial charge in [-0.3, -0.25) is 9.69 Å². The van der Waals surface area contributed by atoms with E-state index in [1.165, 1.54) is 0 Å². The van der Waals surface area contributed by atoms with Gasteiger partial charge in [-0.25, -0.2) is 0 Å². The van der Waals surface area contributed by atoms with E-state index < -0.39 is 13.4 Å². The lowest BCUT2D eigenvalue weighted by atomic mass is 10.00. The molecule has 3 atom stereocenters. The normalized spacial score (nSPS) is 24.8. The number of rotatable bonds is 9. The second-order valence-corrected chi connectivity index (χ2v) is 8.38. The highest BCUT2D eigenvalue weighted by atomic mass is 32.2. The lowest BCUT2D eigenvalue weighted by Gasteiger charge is -2.31. The molecule has 1 heterocycles. The van der Waals surface area contributed by atoms with Gasteiger partial charge in [0.15, 0.2) is 0 Å². The second-order valence-electron chi connectivity index (χ2n) is 7.58. The molecule has 0 unspecified atom stereocenters. The zero-order chi connectivity index (χ0) is 20.7. The van der Waals surface area contributed by atoms with Crippen molar-refractivity contribution in [2.45, 2.75) is 51.4 Å². The smallest absolute Gasteiger partial charge is 0.323 e. The first-order valence-electron chi connectivity index (χ1n) is 10.2. The maximum absolute atomic E-state index is 12.9. The van der Waals surface area contributed by atoms with Gasteiger partial charge in [0.2, 0.25) is 0 Å². The summed E-state index contributed by atoms with van der Waals surface area (Å²) >= 11 is 1.14. The fourth-order valence-corrected chi connectivity index (χ4v) is 3.76. The Kier molecular flexibility index (Phi) is 6.91. The largest absolute Gasteiger partial charge is 0.459 e. The molecule has 2 N–H and O–H groups in total. The molecule has 0 bridgehead atoms. The summed E-state index contributed by atoms with van der Waals surface area (Å²) in [6.07, 6.45) is 0.620. The number of esters is 1. The van der Waals surface area contributed by atoms with Crippen molar-refractivity contribution in [1.29, 1.82) is 2.67 Å². The number of carbonyl (C=O) groups excluding carboxylic acids is 1. The Hall–Kier alpha value is -1.02. The van der Waals surface area contributed by atoms with Crippen LogP contribution in [0.2, 0.25) is 0 Å². The van der Waals surface area contributed by atoms with Crippen molar-refractivity contribution in [3.63, 3.8) is 0 Å². The van der Waals surface area contributed by atoms with Gasteiger partial charge in [0.25, 0.3) is 0 Å². The molecule has 1 fully saturated rings. The summed E-state index contributed by atoms with van der Waals surface area (Å²) in [7, 11) is -0.914. The summed E-state index contributed by atoms with van der Waals surface area (Å²) in [6.45, 7) is 7.09. The highest BCUT2D eigenvalue weighted by Crippen LogP contribution is 2.33. The van der Waals surface area contributed by atoms with Crippen LogP contribution < -0.4 is 5.73 Å². The predicted octanol–water partition coefficient (Wildman–Crippen LogP) is 1.80. The first-order chi connectivity index (χ1) is 13.2. The van der Waals surface area contributed by atoms with Crippen LogP contribution in [-0.2, 0) is 20.3 Å². The van der Waals surface area contributed by atoms with Crippen molar-refractivity contribution in [2.24, 2.45) is 11.7 Å². The van der Waals surface area contributed by atoms with Crippen LogP contribution in [-0.4, -0.2) is 57.8 Å². The highest BCUT2D eigenvalue weighted by Gasteiger charge is 2.45. The van der Waals surface area contributed by atoms with Crippen molar-refractivity contribution in [1.82, 2.24) is 4.90 Å². The van der Waals surface area contributed by atoms with Gasteiger partial charge in [-0.05, 0) is 53.1 Å². The molecular weight excluding hydrogens is 347 g/mol. The summed E-state index contributed by atoms with van der Waals surface area (Å²) in [5.41, 5.74) is 6.96. The molecular formula is C19H31BN2O3S. The van der Waals surface area contributed by atoms with Gasteiger partial charge in [0, 0.05) is 25.0 Å². The molecule has 1 aliphatic rings. The summed E-state index contributed by atoms with van der Waals surface area (Å²) in [6, 6.07) is 9.66. The topological polar surface area (TPSA) is 64.8 Å². The van der Waals surface area contributed by atoms with E-state index in [9.17, 15) is 4.79 Å². The van der Waals surface area contributed by atoms with Gasteiger partial charge in [-0.15, -0.1) is 0 Å². The molecule has 5 nitrogen and oxygen atoms in total. The average molecular weight is 381 g/mol. The number of nitrogens with zero attached hydrogens (tertiary/aromatic N) is 1. The van der Waals surface area contributed by atoms with E-state index in [0.29, 0.717) is 31.8 Å². The molecule has 26 heavy (non-hydrogen) atoms.